The number of hydrazine groups is 1. The van der Waals surface area contributed by atoms with Crippen LogP contribution in [0.2, 0.25) is 0 Å². The summed E-state index contributed by atoms with van der Waals surface area (Å²) in [4.78, 5) is -0.118. The third-order valence-electron chi connectivity index (χ3n) is 1.91. The molecular weight excluding hydrogens is 204 g/mol. The third-order valence-corrected chi connectivity index (χ3v) is 2.91. The van der Waals surface area contributed by atoms with Crippen LogP contribution in [0.5, 0.6) is 0 Å². The monoisotopic (exact) mass is 216 g/mol. The minimum atomic E-state index is -4.17. The van der Waals surface area contributed by atoms with Crippen LogP contribution in [0.1, 0.15) is 5.56 Å². The van der Waals surface area contributed by atoms with Gasteiger partial charge in [0.1, 0.15) is 0 Å². The molecule has 0 amide bonds. The van der Waals surface area contributed by atoms with Crippen molar-refractivity contribution in [1.29, 1.82) is 0 Å². The third kappa shape index (κ3) is 2.03. The molecule has 0 aliphatic heterocycles. The molecule has 0 aliphatic carbocycles. The van der Waals surface area contributed by atoms with Crippen molar-refractivity contribution in [2.45, 2.75) is 11.8 Å². The molecule has 1 rings (SSSR count). The van der Waals surface area contributed by atoms with E-state index in [1.165, 1.54) is 17.1 Å². The standard InChI is InChI=1S/C8H12N2O3S/c1-6-7(10(2)9)4-3-5-8(6)14(11,12)13/h3-5H,9H2,1-2H3,(H,11,12,13). The fraction of sp³-hybridized carbons (Fsp3) is 0.250. The fourth-order valence-electron chi connectivity index (χ4n) is 1.26. The fourth-order valence-corrected chi connectivity index (χ4v) is 2.01. The number of hydrogen-bond acceptors (Lipinski definition) is 4. The topological polar surface area (TPSA) is 83.6 Å². The normalized spacial score (nSPS) is 11.4. The van der Waals surface area contributed by atoms with E-state index in [0.717, 1.165) is 0 Å². The molecule has 1 aromatic rings. The highest BCUT2D eigenvalue weighted by molar-refractivity contribution is 7.85. The van der Waals surface area contributed by atoms with E-state index < -0.39 is 10.1 Å². The van der Waals surface area contributed by atoms with E-state index in [-0.39, 0.29) is 4.90 Å². The van der Waals surface area contributed by atoms with Crippen molar-refractivity contribution in [3.05, 3.63) is 23.8 Å². The Morgan fingerprint density at radius 3 is 2.43 bits per heavy atom. The van der Waals surface area contributed by atoms with E-state index >= 15 is 0 Å². The maximum atomic E-state index is 10.9. The predicted octanol–water partition coefficient (Wildman–Crippen LogP) is 0.552. The van der Waals surface area contributed by atoms with Crippen LogP contribution in [0.15, 0.2) is 23.1 Å². The van der Waals surface area contributed by atoms with Crippen LogP contribution in [0.4, 0.5) is 5.69 Å². The summed E-state index contributed by atoms with van der Waals surface area (Å²) in [5.41, 5.74) is 0.986. The molecule has 0 spiro atoms. The van der Waals surface area contributed by atoms with Crippen LogP contribution in [0.3, 0.4) is 0 Å². The van der Waals surface area contributed by atoms with E-state index in [0.29, 0.717) is 11.3 Å². The Morgan fingerprint density at radius 1 is 1.43 bits per heavy atom. The van der Waals surface area contributed by atoms with Gasteiger partial charge in [-0.1, -0.05) is 6.07 Å². The van der Waals surface area contributed by atoms with Crippen LogP contribution >= 0.6 is 0 Å². The minimum Gasteiger partial charge on any atom is -0.314 e. The average molecular weight is 216 g/mol. The van der Waals surface area contributed by atoms with Gasteiger partial charge < -0.3 is 5.01 Å². The highest BCUT2D eigenvalue weighted by Crippen LogP contribution is 2.23. The number of nitrogens with two attached hydrogens (primary N) is 1. The number of rotatable bonds is 2. The van der Waals surface area contributed by atoms with Crippen LogP contribution < -0.4 is 10.9 Å². The number of hydrogen-bond donors (Lipinski definition) is 2. The van der Waals surface area contributed by atoms with Gasteiger partial charge in [-0.15, -0.1) is 0 Å². The molecule has 0 unspecified atom stereocenters. The molecule has 5 nitrogen and oxygen atoms in total. The van der Waals surface area contributed by atoms with Crippen LogP contribution in [-0.4, -0.2) is 20.0 Å². The Kier molecular flexibility index (Phi) is 2.79. The molecule has 0 saturated heterocycles. The van der Waals surface area contributed by atoms with Gasteiger partial charge in [0.15, 0.2) is 0 Å². The quantitative estimate of drug-likeness (QED) is 0.428. The number of anilines is 1. The molecule has 0 bridgehead atoms. The van der Waals surface area contributed by atoms with Crippen LogP contribution in [0.25, 0.3) is 0 Å². The van der Waals surface area contributed by atoms with E-state index in [1.54, 1.807) is 20.0 Å². The lowest BCUT2D eigenvalue weighted by Crippen LogP contribution is -2.26. The second-order valence-electron chi connectivity index (χ2n) is 2.99. The summed E-state index contributed by atoms with van der Waals surface area (Å²) in [7, 11) is -2.58. The van der Waals surface area contributed by atoms with E-state index in [2.05, 4.69) is 0 Å². The van der Waals surface area contributed by atoms with Crippen molar-refractivity contribution in [1.82, 2.24) is 0 Å². The maximum absolute atomic E-state index is 10.9. The first-order valence-electron chi connectivity index (χ1n) is 3.89. The van der Waals surface area contributed by atoms with E-state index in [1.807, 2.05) is 0 Å². The van der Waals surface area contributed by atoms with Gasteiger partial charge in [-0.3, -0.25) is 4.55 Å². The van der Waals surface area contributed by atoms with Gasteiger partial charge in [0.05, 0.1) is 10.6 Å². The van der Waals surface area contributed by atoms with Gasteiger partial charge in [-0.05, 0) is 24.6 Å². The summed E-state index contributed by atoms with van der Waals surface area (Å²) in [5.74, 6) is 5.48. The zero-order valence-electron chi connectivity index (χ0n) is 7.93. The number of benzene rings is 1. The maximum Gasteiger partial charge on any atom is 0.294 e. The summed E-state index contributed by atoms with van der Waals surface area (Å²) in [6.45, 7) is 1.59. The van der Waals surface area contributed by atoms with Crippen LogP contribution in [0, 0.1) is 6.92 Å². The molecule has 1 aromatic carbocycles. The van der Waals surface area contributed by atoms with Crippen molar-refractivity contribution >= 4 is 15.8 Å². The summed E-state index contributed by atoms with van der Waals surface area (Å²) in [6, 6.07) is 4.52. The highest BCUT2D eigenvalue weighted by Gasteiger charge is 2.15. The Hall–Kier alpha value is -1.11. The van der Waals surface area contributed by atoms with Gasteiger partial charge in [-0.2, -0.15) is 8.42 Å². The first-order valence-corrected chi connectivity index (χ1v) is 5.33. The minimum absolute atomic E-state index is 0.118. The zero-order chi connectivity index (χ0) is 10.9. The lowest BCUT2D eigenvalue weighted by Gasteiger charge is -2.16. The van der Waals surface area contributed by atoms with Gasteiger partial charge in [-0.25, -0.2) is 5.84 Å². The first-order chi connectivity index (χ1) is 6.34. The smallest absolute Gasteiger partial charge is 0.294 e. The Bertz CT molecular complexity index is 440. The predicted molar refractivity (Wildman–Crippen MR) is 53.6 cm³/mol. The molecule has 3 N–H and O–H groups in total. The van der Waals surface area contributed by atoms with E-state index in [4.69, 9.17) is 10.4 Å². The van der Waals surface area contributed by atoms with Gasteiger partial charge in [0, 0.05) is 7.05 Å². The van der Waals surface area contributed by atoms with Crippen molar-refractivity contribution in [2.75, 3.05) is 12.1 Å². The van der Waals surface area contributed by atoms with E-state index in [9.17, 15) is 8.42 Å². The Labute approximate surface area is 82.9 Å². The van der Waals surface area contributed by atoms with Crippen LogP contribution in [-0.2, 0) is 10.1 Å². The van der Waals surface area contributed by atoms with Gasteiger partial charge in [0.25, 0.3) is 10.1 Å². The highest BCUT2D eigenvalue weighted by atomic mass is 32.2. The van der Waals surface area contributed by atoms with Gasteiger partial charge in [0.2, 0.25) is 0 Å². The summed E-state index contributed by atoms with van der Waals surface area (Å²) >= 11 is 0. The molecule has 0 aliphatic rings. The lowest BCUT2D eigenvalue weighted by atomic mass is 10.2. The molecule has 0 heterocycles. The molecule has 0 atom stereocenters. The van der Waals surface area contributed by atoms with Crippen molar-refractivity contribution in [2.24, 2.45) is 5.84 Å². The second-order valence-corrected chi connectivity index (χ2v) is 4.38. The molecule has 0 fully saturated rings. The van der Waals surface area contributed by atoms with Gasteiger partial charge >= 0.3 is 0 Å². The molecule has 78 valence electrons. The van der Waals surface area contributed by atoms with Crippen molar-refractivity contribution in [3.8, 4) is 0 Å². The zero-order valence-corrected chi connectivity index (χ0v) is 8.75. The SMILES string of the molecule is Cc1c(N(C)N)cccc1S(=O)(=O)O. The summed E-state index contributed by atoms with van der Waals surface area (Å²) in [6.07, 6.45) is 0. The second kappa shape index (κ2) is 3.56. The molecule has 0 radical (unpaired) electrons. The van der Waals surface area contributed by atoms with Crippen molar-refractivity contribution in [3.63, 3.8) is 0 Å². The largest absolute Gasteiger partial charge is 0.314 e. The molecule has 6 heteroatoms. The molecule has 0 saturated carbocycles. The summed E-state index contributed by atoms with van der Waals surface area (Å²) < 4.78 is 30.7. The molecule has 14 heavy (non-hydrogen) atoms. The number of nitrogens with zero attached hydrogens (tertiary/aromatic N) is 1. The first kappa shape index (κ1) is 11.0. The summed E-state index contributed by atoms with van der Waals surface area (Å²) in [5, 5.41) is 1.30. The molecule has 0 aromatic heterocycles. The van der Waals surface area contributed by atoms with Crippen molar-refractivity contribution < 1.29 is 13.0 Å². The molecular formula is C8H12N2O3S. The average Bonchev–Trinajstić information content (AvgIpc) is 2.01. The lowest BCUT2D eigenvalue weighted by molar-refractivity contribution is 0.482. The Balaban J connectivity index is 3.43. The Morgan fingerprint density at radius 2 is 2.00 bits per heavy atom.